The summed E-state index contributed by atoms with van der Waals surface area (Å²) in [4.78, 5) is 8.26. The Kier molecular flexibility index (Phi) is 5.04. The third-order valence-electron chi connectivity index (χ3n) is 2.02. The number of nitrogens with zero attached hydrogens (tertiary/aromatic N) is 2. The van der Waals surface area contributed by atoms with Gasteiger partial charge in [0, 0.05) is 12.6 Å². The van der Waals surface area contributed by atoms with E-state index in [0.717, 1.165) is 18.5 Å². The predicted molar refractivity (Wildman–Crippen MR) is 57.8 cm³/mol. The van der Waals surface area contributed by atoms with Crippen molar-refractivity contribution in [2.75, 3.05) is 6.61 Å². The number of hydrogen-bond acceptors (Lipinski definition) is 4. The Morgan fingerprint density at radius 3 is 2.87 bits per heavy atom. The van der Waals surface area contributed by atoms with Crippen molar-refractivity contribution in [1.29, 1.82) is 0 Å². The molecule has 0 saturated heterocycles. The maximum Gasteiger partial charge on any atom is 0.232 e. The first-order chi connectivity index (χ1) is 7.26. The third kappa shape index (κ3) is 4.25. The largest absolute Gasteiger partial charge is 0.477 e. The lowest BCUT2D eigenvalue weighted by atomic mass is 10.1. The molecule has 0 amide bonds. The molecule has 0 aliphatic rings. The summed E-state index contributed by atoms with van der Waals surface area (Å²) in [5, 5.41) is 9.61. The molecule has 0 bridgehead atoms. The molecular weight excluding hydrogens is 192 g/mol. The molecule has 15 heavy (non-hydrogen) atoms. The van der Waals surface area contributed by atoms with E-state index in [-0.39, 0.29) is 6.10 Å². The van der Waals surface area contributed by atoms with Crippen LogP contribution in [0.3, 0.4) is 0 Å². The number of hydrogen-bond donors (Lipinski definition) is 1. The summed E-state index contributed by atoms with van der Waals surface area (Å²) in [6.07, 6.45) is 5.23. The first-order valence-corrected chi connectivity index (χ1v) is 5.38. The second-order valence-electron chi connectivity index (χ2n) is 3.43. The quantitative estimate of drug-likeness (QED) is 0.774. The van der Waals surface area contributed by atoms with E-state index in [1.165, 1.54) is 0 Å². The zero-order valence-corrected chi connectivity index (χ0v) is 9.31. The lowest BCUT2D eigenvalue weighted by molar-refractivity contribution is 0.162. The van der Waals surface area contributed by atoms with E-state index < -0.39 is 0 Å². The van der Waals surface area contributed by atoms with Crippen molar-refractivity contribution in [3.05, 3.63) is 18.1 Å². The Morgan fingerprint density at radius 2 is 2.20 bits per heavy atom. The van der Waals surface area contributed by atoms with Crippen molar-refractivity contribution >= 4 is 0 Å². The monoisotopic (exact) mass is 210 g/mol. The average molecular weight is 210 g/mol. The van der Waals surface area contributed by atoms with Crippen LogP contribution in [0.1, 0.15) is 32.4 Å². The summed E-state index contributed by atoms with van der Waals surface area (Å²) in [7, 11) is 0. The molecule has 0 radical (unpaired) electrons. The fraction of sp³-hybridized carbons (Fsp3) is 0.636. The van der Waals surface area contributed by atoms with Crippen LogP contribution in [-0.4, -0.2) is 27.8 Å². The second-order valence-corrected chi connectivity index (χ2v) is 3.43. The van der Waals surface area contributed by atoms with Gasteiger partial charge in [0.2, 0.25) is 5.88 Å². The average Bonchev–Trinajstić information content (AvgIpc) is 2.19. The molecule has 0 aliphatic heterocycles. The summed E-state index contributed by atoms with van der Waals surface area (Å²) in [5.74, 6) is 0.527. The lowest BCUT2D eigenvalue weighted by Crippen LogP contribution is -2.11. The van der Waals surface area contributed by atoms with Crippen LogP contribution >= 0.6 is 0 Å². The molecule has 1 aromatic rings. The van der Waals surface area contributed by atoms with Gasteiger partial charge in [0.05, 0.1) is 24.6 Å². The van der Waals surface area contributed by atoms with Gasteiger partial charge in [0.25, 0.3) is 0 Å². The standard InChI is InChI=1S/C11H18N2O2/c1-3-5-10(14)6-9-7-12-8-11(13-9)15-4-2/h7-8,10,14H,3-6H2,1-2H3. The Labute approximate surface area is 90.3 Å². The minimum Gasteiger partial charge on any atom is -0.477 e. The van der Waals surface area contributed by atoms with E-state index in [1.54, 1.807) is 12.4 Å². The maximum atomic E-state index is 9.61. The highest BCUT2D eigenvalue weighted by molar-refractivity contribution is 5.08. The van der Waals surface area contributed by atoms with Crippen molar-refractivity contribution < 1.29 is 9.84 Å². The van der Waals surface area contributed by atoms with E-state index in [4.69, 9.17) is 4.74 Å². The molecule has 0 saturated carbocycles. The van der Waals surface area contributed by atoms with Crippen molar-refractivity contribution in [3.8, 4) is 5.88 Å². The van der Waals surface area contributed by atoms with Gasteiger partial charge < -0.3 is 9.84 Å². The minimum absolute atomic E-state index is 0.332. The lowest BCUT2D eigenvalue weighted by Gasteiger charge is -2.09. The molecular formula is C11H18N2O2. The number of aliphatic hydroxyl groups is 1. The summed E-state index contributed by atoms with van der Waals surface area (Å²) < 4.78 is 5.23. The van der Waals surface area contributed by atoms with Crippen LogP contribution in [0.5, 0.6) is 5.88 Å². The molecule has 84 valence electrons. The summed E-state index contributed by atoms with van der Waals surface area (Å²) >= 11 is 0. The molecule has 0 aliphatic carbocycles. The zero-order valence-electron chi connectivity index (χ0n) is 9.31. The molecule has 1 aromatic heterocycles. The van der Waals surface area contributed by atoms with Gasteiger partial charge >= 0.3 is 0 Å². The van der Waals surface area contributed by atoms with Crippen LogP contribution in [0.4, 0.5) is 0 Å². The van der Waals surface area contributed by atoms with E-state index in [1.807, 2.05) is 13.8 Å². The fourth-order valence-electron chi connectivity index (χ4n) is 1.38. The molecule has 1 rings (SSSR count). The van der Waals surface area contributed by atoms with E-state index >= 15 is 0 Å². The highest BCUT2D eigenvalue weighted by Gasteiger charge is 2.06. The van der Waals surface area contributed by atoms with Crippen LogP contribution in [0, 0.1) is 0 Å². The van der Waals surface area contributed by atoms with Crippen molar-refractivity contribution in [2.45, 2.75) is 39.2 Å². The van der Waals surface area contributed by atoms with Gasteiger partial charge in [0.15, 0.2) is 0 Å². The highest BCUT2D eigenvalue weighted by atomic mass is 16.5. The van der Waals surface area contributed by atoms with Gasteiger partial charge in [-0.3, -0.25) is 4.98 Å². The molecule has 1 atom stereocenters. The van der Waals surface area contributed by atoms with E-state index in [0.29, 0.717) is 18.9 Å². The molecule has 1 unspecified atom stereocenters. The van der Waals surface area contributed by atoms with Crippen molar-refractivity contribution in [1.82, 2.24) is 9.97 Å². The minimum atomic E-state index is -0.332. The number of aliphatic hydroxyl groups excluding tert-OH is 1. The molecule has 1 N–H and O–H groups in total. The number of ether oxygens (including phenoxy) is 1. The van der Waals surface area contributed by atoms with Crippen LogP contribution < -0.4 is 4.74 Å². The van der Waals surface area contributed by atoms with Crippen LogP contribution in [0.15, 0.2) is 12.4 Å². The van der Waals surface area contributed by atoms with Gasteiger partial charge in [0.1, 0.15) is 0 Å². The zero-order chi connectivity index (χ0) is 11.1. The normalized spacial score (nSPS) is 12.5. The molecule has 1 heterocycles. The van der Waals surface area contributed by atoms with E-state index in [2.05, 4.69) is 9.97 Å². The highest BCUT2D eigenvalue weighted by Crippen LogP contribution is 2.08. The third-order valence-corrected chi connectivity index (χ3v) is 2.02. The van der Waals surface area contributed by atoms with Crippen molar-refractivity contribution in [2.24, 2.45) is 0 Å². The van der Waals surface area contributed by atoms with E-state index in [9.17, 15) is 5.11 Å². The first kappa shape index (κ1) is 11.9. The predicted octanol–water partition coefficient (Wildman–Crippen LogP) is 1.58. The van der Waals surface area contributed by atoms with Crippen LogP contribution in [0.25, 0.3) is 0 Å². The first-order valence-electron chi connectivity index (χ1n) is 5.38. The Bertz CT molecular complexity index is 292. The number of rotatable bonds is 6. The summed E-state index contributed by atoms with van der Waals surface area (Å²) in [6, 6.07) is 0. The fourth-order valence-corrected chi connectivity index (χ4v) is 1.38. The topological polar surface area (TPSA) is 55.2 Å². The van der Waals surface area contributed by atoms with Crippen molar-refractivity contribution in [3.63, 3.8) is 0 Å². The second kappa shape index (κ2) is 6.35. The Morgan fingerprint density at radius 1 is 1.40 bits per heavy atom. The molecule has 0 fully saturated rings. The SMILES string of the molecule is CCCC(O)Cc1cncc(OCC)n1. The molecule has 4 nitrogen and oxygen atoms in total. The van der Waals surface area contributed by atoms with Gasteiger partial charge in [-0.25, -0.2) is 4.98 Å². The van der Waals surface area contributed by atoms with Gasteiger partial charge in [-0.05, 0) is 13.3 Å². The summed E-state index contributed by atoms with van der Waals surface area (Å²) in [5.41, 5.74) is 0.780. The van der Waals surface area contributed by atoms with Gasteiger partial charge in [-0.15, -0.1) is 0 Å². The van der Waals surface area contributed by atoms with Crippen LogP contribution in [-0.2, 0) is 6.42 Å². The Hall–Kier alpha value is -1.16. The molecule has 0 aromatic carbocycles. The smallest absolute Gasteiger partial charge is 0.232 e. The van der Waals surface area contributed by atoms with Crippen LogP contribution in [0.2, 0.25) is 0 Å². The molecule has 0 spiro atoms. The maximum absolute atomic E-state index is 9.61. The summed E-state index contributed by atoms with van der Waals surface area (Å²) in [6.45, 7) is 4.53. The number of aromatic nitrogens is 2. The van der Waals surface area contributed by atoms with Gasteiger partial charge in [-0.2, -0.15) is 0 Å². The van der Waals surface area contributed by atoms with Gasteiger partial charge in [-0.1, -0.05) is 13.3 Å². The molecule has 4 heteroatoms. The Balaban J connectivity index is 2.56.